The van der Waals surface area contributed by atoms with E-state index in [4.69, 9.17) is 14.7 Å². The standard InChI is InChI=1S/C37H32N6O6/c1-37(2,22-5-10-26(11-6-22)49-28-19-39-32(18-38)40-20-28)21-3-8-25(9-4-21)48-27-15-24(16-27)41-23-7-12-29-30(17-23)36(47)43(35(29)46)31-13-14-33(44)42-34(31)45/h3-12,17,19-20,24,27,31,41H,13-16H2,1-2H3,(H,42,44,45). The molecule has 0 bridgehead atoms. The lowest BCUT2D eigenvalue weighted by molar-refractivity contribution is -0.136. The zero-order chi connectivity index (χ0) is 34.3. The summed E-state index contributed by atoms with van der Waals surface area (Å²) in [5.41, 5.74) is 3.17. The Balaban J connectivity index is 0.915. The number of imide groups is 2. The summed E-state index contributed by atoms with van der Waals surface area (Å²) in [6.07, 6.45) is 4.70. The second-order valence-electron chi connectivity index (χ2n) is 12.9. The molecule has 1 saturated heterocycles. The van der Waals surface area contributed by atoms with Crippen LogP contribution in [0.5, 0.6) is 17.2 Å². The van der Waals surface area contributed by atoms with Crippen molar-refractivity contribution >= 4 is 29.3 Å². The number of hydrogen-bond donors (Lipinski definition) is 2. The Morgan fingerprint density at radius 3 is 2.12 bits per heavy atom. The predicted octanol–water partition coefficient (Wildman–Crippen LogP) is 4.89. The molecular weight excluding hydrogens is 624 g/mol. The number of benzene rings is 3. The molecule has 3 heterocycles. The maximum absolute atomic E-state index is 13.1. The third-order valence-corrected chi connectivity index (χ3v) is 9.32. The highest BCUT2D eigenvalue weighted by molar-refractivity contribution is 6.23. The number of carbonyl (C=O) groups is 4. The molecule has 1 atom stereocenters. The summed E-state index contributed by atoms with van der Waals surface area (Å²) >= 11 is 0. The molecule has 1 aliphatic carbocycles. The summed E-state index contributed by atoms with van der Waals surface area (Å²) in [4.78, 5) is 58.8. The number of ether oxygens (including phenoxy) is 2. The van der Waals surface area contributed by atoms with E-state index < -0.39 is 29.7 Å². The van der Waals surface area contributed by atoms with Gasteiger partial charge in [0.2, 0.25) is 17.6 Å². The molecule has 3 aliphatic rings. The zero-order valence-electron chi connectivity index (χ0n) is 26.8. The van der Waals surface area contributed by atoms with E-state index in [1.807, 2.05) is 42.5 Å². The fourth-order valence-corrected chi connectivity index (χ4v) is 6.39. The highest BCUT2D eigenvalue weighted by Gasteiger charge is 2.44. The van der Waals surface area contributed by atoms with E-state index in [1.165, 1.54) is 12.4 Å². The monoisotopic (exact) mass is 656 g/mol. The molecule has 1 aromatic heterocycles. The molecule has 2 N–H and O–H groups in total. The first-order chi connectivity index (χ1) is 23.6. The van der Waals surface area contributed by atoms with Crippen LogP contribution in [-0.4, -0.2) is 56.7 Å². The van der Waals surface area contributed by atoms with E-state index in [0.717, 1.165) is 34.6 Å². The molecule has 12 nitrogen and oxygen atoms in total. The van der Waals surface area contributed by atoms with Crippen LogP contribution in [0.4, 0.5) is 5.69 Å². The van der Waals surface area contributed by atoms with E-state index in [0.29, 0.717) is 17.2 Å². The predicted molar refractivity (Wildman–Crippen MR) is 176 cm³/mol. The van der Waals surface area contributed by atoms with Gasteiger partial charge in [-0.2, -0.15) is 5.26 Å². The number of carbonyl (C=O) groups excluding carboxylic acids is 4. The number of piperidine rings is 1. The van der Waals surface area contributed by atoms with E-state index in [2.05, 4.69) is 46.6 Å². The number of amides is 4. The van der Waals surface area contributed by atoms with Crippen molar-refractivity contribution in [2.45, 2.75) is 63.1 Å². The number of aromatic nitrogens is 2. The van der Waals surface area contributed by atoms with E-state index in [1.54, 1.807) is 18.2 Å². The van der Waals surface area contributed by atoms with E-state index >= 15 is 0 Å². The number of anilines is 1. The number of rotatable bonds is 9. The quantitative estimate of drug-likeness (QED) is 0.237. The average molecular weight is 657 g/mol. The molecule has 2 fully saturated rings. The van der Waals surface area contributed by atoms with Crippen LogP contribution in [0, 0.1) is 11.3 Å². The zero-order valence-corrected chi connectivity index (χ0v) is 26.8. The Kier molecular flexibility index (Phi) is 8.04. The second kappa shape index (κ2) is 12.5. The molecule has 1 saturated carbocycles. The number of nitrogens with zero attached hydrogens (tertiary/aromatic N) is 4. The van der Waals surface area contributed by atoms with Crippen LogP contribution in [0.2, 0.25) is 0 Å². The minimum Gasteiger partial charge on any atom is -0.490 e. The lowest BCUT2D eigenvalue weighted by atomic mass is 9.78. The average Bonchev–Trinajstić information content (AvgIpc) is 3.33. The number of hydrogen-bond acceptors (Lipinski definition) is 10. The molecule has 12 heteroatoms. The summed E-state index contributed by atoms with van der Waals surface area (Å²) in [5, 5.41) is 14.5. The smallest absolute Gasteiger partial charge is 0.262 e. The first-order valence-electron chi connectivity index (χ1n) is 16.0. The molecule has 4 amide bonds. The van der Waals surface area contributed by atoms with Gasteiger partial charge >= 0.3 is 0 Å². The lowest BCUT2D eigenvalue weighted by Crippen LogP contribution is -2.54. The maximum Gasteiger partial charge on any atom is 0.262 e. The highest BCUT2D eigenvalue weighted by atomic mass is 16.5. The Hall–Kier alpha value is -6.09. The Bertz CT molecular complexity index is 2000. The van der Waals surface area contributed by atoms with Crippen molar-refractivity contribution in [2.75, 3.05) is 5.32 Å². The van der Waals surface area contributed by atoms with Gasteiger partial charge in [-0.15, -0.1) is 0 Å². The van der Waals surface area contributed by atoms with Crippen molar-refractivity contribution in [3.63, 3.8) is 0 Å². The molecule has 0 spiro atoms. The van der Waals surface area contributed by atoms with Gasteiger partial charge in [-0.3, -0.25) is 29.4 Å². The van der Waals surface area contributed by atoms with Gasteiger partial charge < -0.3 is 14.8 Å². The minimum absolute atomic E-state index is 0.0334. The van der Waals surface area contributed by atoms with Crippen LogP contribution in [0.3, 0.4) is 0 Å². The van der Waals surface area contributed by atoms with Gasteiger partial charge in [-0.05, 0) is 60.0 Å². The van der Waals surface area contributed by atoms with Crippen LogP contribution < -0.4 is 20.1 Å². The fraction of sp³-hybridized carbons (Fsp3) is 0.270. The van der Waals surface area contributed by atoms with Crippen LogP contribution in [0.25, 0.3) is 0 Å². The van der Waals surface area contributed by atoms with Crippen LogP contribution in [0.1, 0.15) is 77.2 Å². The Labute approximate surface area is 282 Å². The largest absolute Gasteiger partial charge is 0.490 e. The molecule has 7 rings (SSSR count). The lowest BCUT2D eigenvalue weighted by Gasteiger charge is -2.36. The topological polar surface area (TPSA) is 164 Å². The summed E-state index contributed by atoms with van der Waals surface area (Å²) < 4.78 is 12.0. The maximum atomic E-state index is 13.1. The number of nitrogens with one attached hydrogen (secondary N) is 2. The third-order valence-electron chi connectivity index (χ3n) is 9.32. The first-order valence-corrected chi connectivity index (χ1v) is 16.0. The van der Waals surface area contributed by atoms with Crippen LogP contribution in [0.15, 0.2) is 79.1 Å². The van der Waals surface area contributed by atoms with Gasteiger partial charge in [0.05, 0.1) is 23.5 Å². The van der Waals surface area contributed by atoms with Gasteiger partial charge in [0.15, 0.2) is 5.75 Å². The Morgan fingerprint density at radius 1 is 0.857 bits per heavy atom. The minimum atomic E-state index is -0.990. The Morgan fingerprint density at radius 2 is 1.49 bits per heavy atom. The summed E-state index contributed by atoms with van der Waals surface area (Å²) in [6.45, 7) is 4.31. The first kappa shape index (κ1) is 31.5. The molecule has 3 aromatic carbocycles. The van der Waals surface area contributed by atoms with Crippen molar-refractivity contribution in [3.8, 4) is 23.3 Å². The molecule has 2 aliphatic heterocycles. The highest BCUT2D eigenvalue weighted by Crippen LogP contribution is 2.36. The van der Waals surface area contributed by atoms with Gasteiger partial charge in [-0.25, -0.2) is 9.97 Å². The molecule has 0 radical (unpaired) electrons. The van der Waals surface area contributed by atoms with Gasteiger partial charge in [-0.1, -0.05) is 38.1 Å². The molecule has 1 unspecified atom stereocenters. The SMILES string of the molecule is CC(C)(c1ccc(Oc2cnc(C#N)nc2)cc1)c1ccc(OC2CC(Nc3ccc4c(c3)C(=O)N(C3CCC(=O)NC3=O)C4=O)C2)cc1. The van der Waals surface area contributed by atoms with Gasteiger partial charge in [0, 0.05) is 36.4 Å². The van der Waals surface area contributed by atoms with Crippen molar-refractivity contribution in [2.24, 2.45) is 0 Å². The second-order valence-corrected chi connectivity index (χ2v) is 12.9. The van der Waals surface area contributed by atoms with Crippen molar-refractivity contribution in [1.29, 1.82) is 5.26 Å². The molecule has 49 heavy (non-hydrogen) atoms. The summed E-state index contributed by atoms with van der Waals surface area (Å²) in [5.74, 6) is -0.118. The van der Waals surface area contributed by atoms with E-state index in [9.17, 15) is 19.2 Å². The molecule has 246 valence electrons. The van der Waals surface area contributed by atoms with Crippen LogP contribution >= 0.6 is 0 Å². The van der Waals surface area contributed by atoms with Crippen molar-refractivity contribution in [1.82, 2.24) is 20.2 Å². The normalized spacial score (nSPS) is 20.2. The van der Waals surface area contributed by atoms with E-state index in [-0.39, 0.29) is 47.4 Å². The van der Waals surface area contributed by atoms with Gasteiger partial charge in [0.1, 0.15) is 29.7 Å². The van der Waals surface area contributed by atoms with Gasteiger partial charge in [0.25, 0.3) is 11.8 Å². The third kappa shape index (κ3) is 6.18. The molecular formula is C37H32N6O6. The molecule has 4 aromatic rings. The van der Waals surface area contributed by atoms with Crippen LogP contribution in [-0.2, 0) is 15.0 Å². The number of fused-ring (bicyclic) bond motifs is 1. The fourth-order valence-electron chi connectivity index (χ4n) is 6.39. The summed E-state index contributed by atoms with van der Waals surface area (Å²) in [6, 6.07) is 22.0. The van der Waals surface area contributed by atoms with Crippen molar-refractivity contribution < 1.29 is 28.7 Å². The number of nitriles is 1. The van der Waals surface area contributed by atoms with Crippen molar-refractivity contribution in [3.05, 3.63) is 107 Å². The summed E-state index contributed by atoms with van der Waals surface area (Å²) in [7, 11) is 0.